The lowest BCUT2D eigenvalue weighted by Crippen LogP contribution is -2.18. The molecule has 0 fully saturated rings. The Morgan fingerprint density at radius 2 is 0.598 bits per heavy atom. The maximum Gasteiger partial charge on any atom is 0.136 e. The number of hydrogen-bond donors (Lipinski definition) is 0. The second kappa shape index (κ2) is 31.5. The zero-order valence-electron chi connectivity index (χ0n) is 73.4. The minimum absolute atomic E-state index is 0.0464. The largest absolute Gasteiger partial charge is 0.456 e. The van der Waals surface area contributed by atoms with Gasteiger partial charge in [0.15, 0.2) is 0 Å². The van der Waals surface area contributed by atoms with Crippen molar-refractivity contribution in [2.75, 3.05) is 0 Å². The Balaban J connectivity index is 0.0000000830. The van der Waals surface area contributed by atoms with Crippen molar-refractivity contribution in [3.63, 3.8) is 0 Å². The Labute approximate surface area is 771 Å². The maximum absolute atomic E-state index is 5.86. The van der Waals surface area contributed by atoms with E-state index in [0.29, 0.717) is 0 Å². The van der Waals surface area contributed by atoms with Gasteiger partial charge >= 0.3 is 0 Å². The number of furan rings is 2. The lowest BCUT2D eigenvalue weighted by molar-refractivity contribution is 0.647. The molecule has 3 aliphatic carbocycles. The normalized spacial score (nSPS) is 12.8. The maximum atomic E-state index is 5.86. The summed E-state index contributed by atoms with van der Waals surface area (Å²) in [5, 5.41) is 36.9. The highest BCUT2D eigenvalue weighted by Crippen LogP contribution is 2.59. The van der Waals surface area contributed by atoms with Crippen LogP contribution in [0.2, 0.25) is 0 Å². The van der Waals surface area contributed by atoms with Crippen molar-refractivity contribution >= 4 is 215 Å². The van der Waals surface area contributed by atoms with Crippen LogP contribution in [-0.2, 0) is 10.8 Å². The molecule has 0 bridgehead atoms. The summed E-state index contributed by atoms with van der Waals surface area (Å²) in [7, 11) is 0. The van der Waals surface area contributed by atoms with E-state index >= 15 is 0 Å². The second-order valence-corrected chi connectivity index (χ2v) is 38.4. The summed E-state index contributed by atoms with van der Waals surface area (Å²) in [4.78, 5) is 0. The monoisotopic (exact) mass is 1720 g/mol. The van der Waals surface area contributed by atoms with Crippen LogP contribution in [0.1, 0.15) is 49.9 Å². The third-order valence-corrected chi connectivity index (χ3v) is 30.3. The highest BCUT2D eigenvalue weighted by Gasteiger charge is 2.44. The Hall–Kier alpha value is -15.8. The van der Waals surface area contributed by atoms with Gasteiger partial charge in [0.2, 0.25) is 0 Å². The van der Waals surface area contributed by atoms with Gasteiger partial charge in [0.05, 0.1) is 0 Å². The standard InChI is InChI=1S/C24H22.2C20H12.2C16H10O.2C16H10S/c1-23(2)19-12-8-6-10-17(19)21-20(23)14-13-16-15-9-5-7-11-18(15)24(3,4)22(16)21;1-2-6-15-12-19-17-10-4-8-13-7-3-9-16(20(13)17)18(19)11-14(15)5-1;1-2-7-17-15(4-1)12-16-9-8-13-5-3-6-14-10-11-18(17)20(16)19(13)14;1-2-6-12-10-16-14(9-11(12)5-1)13-7-3-4-8-15(13)17-16;1-2-6-12-11(5-1)9-10-15-16(12)13-7-3-4-8-14(13)17-15;1-2-6-12-10-16-14(9-11(12)5-1)13-7-3-4-8-15(13)17-16;1-2-6-12-11(5-1)9-10-15-16(12)13-7-3-4-8-14(13)17-15/h5-14H,1-4H3;2*1-12H;4*1-10H. The molecule has 4 aromatic heterocycles. The Morgan fingerprint density at radius 1 is 0.167 bits per heavy atom. The van der Waals surface area contributed by atoms with Crippen LogP contribution < -0.4 is 0 Å². The molecule has 31 rings (SSSR count). The number of rotatable bonds is 0. The predicted molar refractivity (Wildman–Crippen MR) is 571 cm³/mol. The summed E-state index contributed by atoms with van der Waals surface area (Å²) in [5.41, 5.74) is 21.1. The van der Waals surface area contributed by atoms with Gasteiger partial charge in [0.1, 0.15) is 22.3 Å². The number of para-hydroxylation sites is 2. The van der Waals surface area contributed by atoms with E-state index in [1.54, 1.807) is 0 Å². The number of thiophene rings is 2. The van der Waals surface area contributed by atoms with Crippen molar-refractivity contribution in [3.05, 3.63) is 471 Å². The lowest BCUT2D eigenvalue weighted by atomic mass is 9.77. The van der Waals surface area contributed by atoms with Gasteiger partial charge in [-0.1, -0.05) is 398 Å². The second-order valence-electron chi connectivity index (χ2n) is 36.3. The first-order chi connectivity index (χ1) is 65.0. The van der Waals surface area contributed by atoms with E-state index < -0.39 is 0 Å². The molecule has 3 aliphatic rings. The molecule has 28 aromatic rings. The van der Waals surface area contributed by atoms with Gasteiger partial charge in [0.25, 0.3) is 0 Å². The first-order valence-electron chi connectivity index (χ1n) is 45.6. The number of benzene rings is 24. The van der Waals surface area contributed by atoms with Crippen LogP contribution >= 0.6 is 22.7 Å². The van der Waals surface area contributed by atoms with Crippen LogP contribution in [0.25, 0.3) is 236 Å². The van der Waals surface area contributed by atoms with E-state index in [2.05, 4.69) is 446 Å². The van der Waals surface area contributed by atoms with Crippen LogP contribution in [-0.4, -0.2) is 0 Å². The van der Waals surface area contributed by atoms with Gasteiger partial charge in [-0.2, -0.15) is 0 Å². The van der Waals surface area contributed by atoms with Crippen LogP contribution in [0, 0.1) is 0 Å². The quantitative estimate of drug-likeness (QED) is 0.112. The molecule has 4 heteroatoms. The van der Waals surface area contributed by atoms with Crippen LogP contribution in [0.3, 0.4) is 0 Å². The molecule has 4 heterocycles. The first kappa shape index (κ1) is 78.4. The van der Waals surface area contributed by atoms with Crippen molar-refractivity contribution in [3.8, 4) is 44.5 Å². The smallest absolute Gasteiger partial charge is 0.136 e. The van der Waals surface area contributed by atoms with Crippen molar-refractivity contribution in [2.45, 2.75) is 38.5 Å². The van der Waals surface area contributed by atoms with Crippen molar-refractivity contribution in [2.24, 2.45) is 0 Å². The molecule has 0 N–H and O–H groups in total. The molecule has 0 spiro atoms. The van der Waals surface area contributed by atoms with E-state index in [4.69, 9.17) is 8.83 Å². The summed E-state index contributed by atoms with van der Waals surface area (Å²) in [6.07, 6.45) is 0. The summed E-state index contributed by atoms with van der Waals surface area (Å²) < 4.78 is 17.2. The van der Waals surface area contributed by atoms with Gasteiger partial charge in [-0.25, -0.2) is 0 Å². The molecule has 0 atom stereocenters. The van der Waals surface area contributed by atoms with E-state index in [0.717, 1.165) is 22.3 Å². The van der Waals surface area contributed by atoms with E-state index in [1.165, 1.54) is 236 Å². The molecule has 2 nitrogen and oxygen atoms in total. The first-order valence-corrected chi connectivity index (χ1v) is 47.3. The van der Waals surface area contributed by atoms with Gasteiger partial charge in [0, 0.05) is 72.7 Å². The van der Waals surface area contributed by atoms with Crippen molar-refractivity contribution in [1.82, 2.24) is 0 Å². The van der Waals surface area contributed by atoms with Crippen LogP contribution in [0.4, 0.5) is 0 Å². The summed E-state index contributed by atoms with van der Waals surface area (Å²) in [6, 6.07) is 161. The summed E-state index contributed by atoms with van der Waals surface area (Å²) in [6.45, 7) is 9.48. The minimum Gasteiger partial charge on any atom is -0.456 e. The number of fused-ring (bicyclic) bond motifs is 31. The third-order valence-electron chi connectivity index (χ3n) is 28.0. The molecule has 132 heavy (non-hydrogen) atoms. The molecular weight excluding hydrogens is 1630 g/mol. The van der Waals surface area contributed by atoms with E-state index in [1.807, 2.05) is 53.0 Å². The van der Waals surface area contributed by atoms with Gasteiger partial charge in [-0.3, -0.25) is 0 Å². The van der Waals surface area contributed by atoms with Gasteiger partial charge < -0.3 is 8.83 Å². The average molecular weight is 1720 g/mol. The fourth-order valence-corrected chi connectivity index (χ4v) is 24.1. The molecule has 622 valence electrons. The molecule has 24 aromatic carbocycles. The molecule has 0 amide bonds. The molecule has 0 unspecified atom stereocenters. The summed E-state index contributed by atoms with van der Waals surface area (Å²) in [5.74, 6) is 0. The van der Waals surface area contributed by atoms with Crippen LogP contribution in [0.15, 0.2) is 458 Å². The molecule has 0 saturated carbocycles. The van der Waals surface area contributed by atoms with Gasteiger partial charge in [-0.15, -0.1) is 22.7 Å². The SMILES string of the molecule is CC1(C)c2ccccc2-c2c1ccc1c2C(C)(C)c2ccccc2-1.c1ccc2c(c1)cc1ccc3cccc4ccc2c1c34.c1ccc2c(c1)ccc1oc3ccccc3c12.c1ccc2c(c1)ccc1sc3ccccc3c12.c1ccc2cc3c(cc2c1)-c1cccc2cccc-3c12.c1ccc2cc3c(cc2c1)oc1ccccc13.c1ccc2cc3c(cc2c1)sc1ccccc13. The van der Waals surface area contributed by atoms with E-state index in [-0.39, 0.29) is 10.8 Å². The van der Waals surface area contributed by atoms with Gasteiger partial charge in [-0.05, 0) is 253 Å². The molecule has 0 radical (unpaired) electrons. The highest BCUT2D eigenvalue weighted by atomic mass is 32.1. The van der Waals surface area contributed by atoms with Crippen LogP contribution in [0.5, 0.6) is 0 Å². The third kappa shape index (κ3) is 13.0. The predicted octanol–water partition coefficient (Wildman–Crippen LogP) is 37.6. The molecular formula is C128H86O2S2. The van der Waals surface area contributed by atoms with Crippen molar-refractivity contribution in [1.29, 1.82) is 0 Å². The highest BCUT2D eigenvalue weighted by molar-refractivity contribution is 7.26. The number of hydrogen-bond acceptors (Lipinski definition) is 4. The van der Waals surface area contributed by atoms with Crippen molar-refractivity contribution < 1.29 is 8.83 Å². The lowest BCUT2D eigenvalue weighted by Gasteiger charge is -2.26. The fraction of sp³-hybridized carbons (Fsp3) is 0.0469. The minimum atomic E-state index is 0.0464. The Bertz CT molecular complexity index is 9090. The topological polar surface area (TPSA) is 26.3 Å². The van der Waals surface area contributed by atoms with E-state index in [9.17, 15) is 0 Å². The average Bonchev–Trinajstić information content (AvgIpc) is 1.52. The Kier molecular flexibility index (Phi) is 18.7. The molecule has 0 saturated heterocycles. The zero-order chi connectivity index (χ0) is 87.9. The fourth-order valence-electron chi connectivity index (χ4n) is 21.8. The molecule has 0 aliphatic heterocycles. The Morgan fingerprint density at radius 3 is 1.27 bits per heavy atom. The summed E-state index contributed by atoms with van der Waals surface area (Å²) >= 11 is 3.75. The zero-order valence-corrected chi connectivity index (χ0v) is 75.0.